The minimum atomic E-state index is -0.907. The zero-order chi connectivity index (χ0) is 13.7. The minimum Gasteiger partial charge on any atom is -0.480 e. The van der Waals surface area contributed by atoms with Crippen LogP contribution < -0.4 is 11.1 Å². The van der Waals surface area contributed by atoms with Gasteiger partial charge in [0, 0.05) is 18.7 Å². The Labute approximate surface area is 106 Å². The number of carboxylic acid groups (broad SMARTS) is 1. The van der Waals surface area contributed by atoms with E-state index in [9.17, 15) is 9.90 Å². The summed E-state index contributed by atoms with van der Waals surface area (Å²) in [5.74, 6) is -0.921. The number of nitrogens with two attached hydrogens (primary N) is 1. The molecule has 6 nitrogen and oxygen atoms in total. The Hall–Kier alpha value is -0.950. The molecule has 6 N–H and O–H groups in total. The Balaban J connectivity index is 2.74. The summed E-state index contributed by atoms with van der Waals surface area (Å²) in [5, 5.41) is 30.5. The van der Waals surface area contributed by atoms with Crippen LogP contribution in [0.3, 0.4) is 0 Å². The summed E-state index contributed by atoms with van der Waals surface area (Å²) >= 11 is 0. The molecule has 0 spiro atoms. The molecule has 0 aliphatic carbocycles. The van der Waals surface area contributed by atoms with E-state index in [0.29, 0.717) is 6.42 Å². The molecule has 5 atom stereocenters. The van der Waals surface area contributed by atoms with Gasteiger partial charge < -0.3 is 21.1 Å². The summed E-state index contributed by atoms with van der Waals surface area (Å²) in [6, 6.07) is -1.52. The summed E-state index contributed by atoms with van der Waals surface area (Å²) in [7, 11) is 0. The van der Waals surface area contributed by atoms with Gasteiger partial charge in [0.2, 0.25) is 0 Å². The number of hydrogen-bond donors (Lipinski definition) is 5. The molecule has 0 aromatic heterocycles. The topological polar surface area (TPSA) is 116 Å². The summed E-state index contributed by atoms with van der Waals surface area (Å²) in [5.41, 5.74) is 5.94. The third-order valence-corrected chi connectivity index (χ3v) is 3.38. The highest BCUT2D eigenvalue weighted by atomic mass is 16.4. The van der Waals surface area contributed by atoms with Gasteiger partial charge in [0.05, 0.1) is 6.10 Å². The predicted octanol–water partition coefficient (Wildman–Crippen LogP) is -0.936. The number of rotatable bonds is 6. The molecule has 0 bridgehead atoms. The van der Waals surface area contributed by atoms with Gasteiger partial charge in [0.25, 0.3) is 0 Å². The fourth-order valence-electron chi connectivity index (χ4n) is 2.42. The molecule has 18 heavy (non-hydrogen) atoms. The van der Waals surface area contributed by atoms with Gasteiger partial charge in [-0.3, -0.25) is 10.1 Å². The van der Waals surface area contributed by atoms with Crippen LogP contribution in [0.15, 0.2) is 12.2 Å². The lowest BCUT2D eigenvalue weighted by Crippen LogP contribution is -2.53. The molecule has 1 aliphatic rings. The first-order valence-electron chi connectivity index (χ1n) is 6.17. The van der Waals surface area contributed by atoms with Crippen LogP contribution in [-0.2, 0) is 4.79 Å². The molecule has 1 saturated heterocycles. The second-order valence-corrected chi connectivity index (χ2v) is 4.67. The van der Waals surface area contributed by atoms with Gasteiger partial charge in [-0.1, -0.05) is 12.2 Å². The molecule has 1 heterocycles. The van der Waals surface area contributed by atoms with Crippen LogP contribution in [0.4, 0.5) is 0 Å². The fourth-order valence-corrected chi connectivity index (χ4v) is 2.42. The van der Waals surface area contributed by atoms with Crippen LogP contribution in [-0.4, -0.2) is 52.1 Å². The van der Waals surface area contributed by atoms with Gasteiger partial charge in [0.15, 0.2) is 0 Å². The van der Waals surface area contributed by atoms with Crippen LogP contribution in [0.1, 0.15) is 19.8 Å². The van der Waals surface area contributed by atoms with Crippen molar-refractivity contribution in [3.63, 3.8) is 0 Å². The van der Waals surface area contributed by atoms with Crippen molar-refractivity contribution in [2.24, 2.45) is 11.7 Å². The van der Waals surface area contributed by atoms with Crippen LogP contribution in [0.5, 0.6) is 0 Å². The van der Waals surface area contributed by atoms with Gasteiger partial charge in [0.1, 0.15) is 6.04 Å². The Morgan fingerprint density at radius 1 is 1.61 bits per heavy atom. The SMILES string of the molecule is C/C=C\C1CC(C(=O)O)NC1C(N)C(O)CCO. The first-order chi connectivity index (χ1) is 8.51. The number of aliphatic hydroxyl groups is 2. The quantitative estimate of drug-likeness (QED) is 0.393. The Kier molecular flexibility index (Phi) is 5.74. The lowest BCUT2D eigenvalue weighted by atomic mass is 9.90. The molecule has 5 unspecified atom stereocenters. The average Bonchev–Trinajstić information content (AvgIpc) is 2.73. The number of allylic oxidation sites excluding steroid dienone is 1. The second kappa shape index (κ2) is 6.84. The molecule has 0 aromatic carbocycles. The number of aliphatic carboxylic acids is 1. The van der Waals surface area contributed by atoms with Crippen LogP contribution in [0.25, 0.3) is 0 Å². The number of carbonyl (C=O) groups is 1. The zero-order valence-corrected chi connectivity index (χ0v) is 10.5. The van der Waals surface area contributed by atoms with E-state index >= 15 is 0 Å². The van der Waals surface area contributed by atoms with E-state index in [-0.39, 0.29) is 25.0 Å². The van der Waals surface area contributed by atoms with Crippen molar-refractivity contribution in [3.8, 4) is 0 Å². The number of aliphatic hydroxyl groups excluding tert-OH is 2. The summed E-state index contributed by atoms with van der Waals surface area (Å²) < 4.78 is 0. The second-order valence-electron chi connectivity index (χ2n) is 4.67. The van der Waals surface area contributed by atoms with Gasteiger partial charge in [-0.15, -0.1) is 0 Å². The zero-order valence-electron chi connectivity index (χ0n) is 10.5. The third kappa shape index (κ3) is 3.52. The van der Waals surface area contributed by atoms with Gasteiger partial charge in [-0.25, -0.2) is 0 Å². The molecular weight excluding hydrogens is 236 g/mol. The monoisotopic (exact) mass is 258 g/mol. The molecule has 1 aliphatic heterocycles. The standard InChI is InChI=1S/C12H22N2O4/c1-2-3-7-6-8(12(17)18)14-11(7)10(13)9(16)4-5-15/h2-3,7-11,14-16H,4-6,13H2,1H3,(H,17,18)/b3-2-. The Bertz CT molecular complexity index is 308. The predicted molar refractivity (Wildman–Crippen MR) is 67.0 cm³/mol. The normalized spacial score (nSPS) is 31.7. The van der Waals surface area contributed by atoms with E-state index in [4.69, 9.17) is 15.9 Å². The highest BCUT2D eigenvalue weighted by Gasteiger charge is 2.40. The lowest BCUT2D eigenvalue weighted by Gasteiger charge is -2.28. The molecule has 6 heteroatoms. The van der Waals surface area contributed by atoms with E-state index in [2.05, 4.69) is 5.32 Å². The van der Waals surface area contributed by atoms with Crippen molar-refractivity contribution in [1.29, 1.82) is 0 Å². The molecule has 0 radical (unpaired) electrons. The molecule has 0 amide bonds. The van der Waals surface area contributed by atoms with Crippen LogP contribution in [0, 0.1) is 5.92 Å². The molecule has 1 fully saturated rings. The minimum absolute atomic E-state index is 0.0144. The number of carboxylic acids is 1. The molecule has 1 rings (SSSR count). The maximum atomic E-state index is 11.0. The number of nitrogens with one attached hydrogen (secondary N) is 1. The first-order valence-corrected chi connectivity index (χ1v) is 6.17. The Morgan fingerprint density at radius 3 is 2.78 bits per heavy atom. The third-order valence-electron chi connectivity index (χ3n) is 3.38. The van der Waals surface area contributed by atoms with Crippen LogP contribution in [0.2, 0.25) is 0 Å². The largest absolute Gasteiger partial charge is 0.480 e. The van der Waals surface area contributed by atoms with Crippen molar-refractivity contribution in [3.05, 3.63) is 12.2 Å². The maximum Gasteiger partial charge on any atom is 0.320 e. The van der Waals surface area contributed by atoms with Crippen molar-refractivity contribution in [1.82, 2.24) is 5.32 Å². The first kappa shape index (κ1) is 15.1. The summed E-state index contributed by atoms with van der Waals surface area (Å²) in [6.07, 6.45) is 3.58. The van der Waals surface area contributed by atoms with Gasteiger partial charge >= 0.3 is 5.97 Å². The Morgan fingerprint density at radius 2 is 2.28 bits per heavy atom. The highest BCUT2D eigenvalue weighted by molar-refractivity contribution is 5.74. The van der Waals surface area contributed by atoms with Crippen LogP contribution >= 0.6 is 0 Å². The molecule has 104 valence electrons. The van der Waals surface area contributed by atoms with E-state index < -0.39 is 24.2 Å². The maximum absolute atomic E-state index is 11.0. The lowest BCUT2D eigenvalue weighted by molar-refractivity contribution is -0.139. The van der Waals surface area contributed by atoms with Crippen molar-refractivity contribution >= 4 is 5.97 Å². The van der Waals surface area contributed by atoms with E-state index in [1.54, 1.807) is 0 Å². The van der Waals surface area contributed by atoms with Gasteiger partial charge in [-0.05, 0) is 25.7 Å². The summed E-state index contributed by atoms with van der Waals surface area (Å²) in [6.45, 7) is 1.72. The van der Waals surface area contributed by atoms with Crippen molar-refractivity contribution < 1.29 is 20.1 Å². The highest BCUT2D eigenvalue weighted by Crippen LogP contribution is 2.25. The average molecular weight is 258 g/mol. The van der Waals surface area contributed by atoms with E-state index in [0.717, 1.165) is 0 Å². The number of hydrogen-bond acceptors (Lipinski definition) is 5. The van der Waals surface area contributed by atoms with Crippen molar-refractivity contribution in [2.45, 2.75) is 44.0 Å². The van der Waals surface area contributed by atoms with E-state index in [1.807, 2.05) is 19.1 Å². The summed E-state index contributed by atoms with van der Waals surface area (Å²) in [4.78, 5) is 11.0. The smallest absolute Gasteiger partial charge is 0.320 e. The van der Waals surface area contributed by atoms with Gasteiger partial charge in [-0.2, -0.15) is 0 Å². The fraction of sp³-hybridized carbons (Fsp3) is 0.750. The van der Waals surface area contributed by atoms with Crippen molar-refractivity contribution in [2.75, 3.05) is 6.61 Å². The van der Waals surface area contributed by atoms with E-state index in [1.165, 1.54) is 0 Å². The molecular formula is C12H22N2O4. The molecule has 0 aromatic rings. The molecule has 0 saturated carbocycles.